The van der Waals surface area contributed by atoms with Crippen molar-refractivity contribution in [1.82, 2.24) is 4.98 Å². The summed E-state index contributed by atoms with van der Waals surface area (Å²) in [4.78, 5) is 16.0. The van der Waals surface area contributed by atoms with Crippen LogP contribution in [0, 0.1) is 6.92 Å². The molecule has 0 amide bonds. The van der Waals surface area contributed by atoms with Crippen molar-refractivity contribution in [2.45, 2.75) is 13.3 Å². The van der Waals surface area contributed by atoms with Crippen LogP contribution in [-0.2, 0) is 6.42 Å². The third-order valence-electron chi connectivity index (χ3n) is 2.78. The normalized spacial score (nSPS) is 10.5. The third kappa shape index (κ3) is 3.06. The molecule has 0 aliphatic heterocycles. The Morgan fingerprint density at radius 2 is 2.05 bits per heavy atom. The number of halogens is 2. The number of aryl methyl sites for hydroxylation is 1. The SMILES string of the molecule is Cc1cc(CC(=O)c2ccncc2Cl)c(O)cc1Cl. The highest BCUT2D eigenvalue weighted by Crippen LogP contribution is 2.27. The van der Waals surface area contributed by atoms with Gasteiger partial charge in [-0.1, -0.05) is 29.3 Å². The van der Waals surface area contributed by atoms with Gasteiger partial charge in [-0.3, -0.25) is 9.78 Å². The molecule has 0 atom stereocenters. The number of ketones is 1. The van der Waals surface area contributed by atoms with Crippen LogP contribution >= 0.6 is 23.2 Å². The van der Waals surface area contributed by atoms with Gasteiger partial charge in [0.25, 0.3) is 0 Å². The first kappa shape index (κ1) is 13.8. The van der Waals surface area contributed by atoms with E-state index in [4.69, 9.17) is 23.2 Å². The van der Waals surface area contributed by atoms with Gasteiger partial charge in [-0.15, -0.1) is 0 Å². The Morgan fingerprint density at radius 1 is 1.32 bits per heavy atom. The van der Waals surface area contributed by atoms with Crippen LogP contribution in [0.5, 0.6) is 5.75 Å². The van der Waals surface area contributed by atoms with Gasteiger partial charge in [-0.05, 0) is 24.6 Å². The first-order chi connectivity index (χ1) is 8.99. The van der Waals surface area contributed by atoms with E-state index < -0.39 is 0 Å². The maximum absolute atomic E-state index is 12.1. The highest BCUT2D eigenvalue weighted by Gasteiger charge is 2.14. The largest absolute Gasteiger partial charge is 0.508 e. The lowest BCUT2D eigenvalue weighted by Crippen LogP contribution is -2.05. The maximum atomic E-state index is 12.1. The molecule has 0 aliphatic carbocycles. The van der Waals surface area contributed by atoms with Gasteiger partial charge >= 0.3 is 0 Å². The predicted octanol–water partition coefficient (Wildman–Crippen LogP) is 3.83. The highest BCUT2D eigenvalue weighted by molar-refractivity contribution is 6.34. The van der Waals surface area contributed by atoms with Crippen LogP contribution in [0.3, 0.4) is 0 Å². The molecule has 98 valence electrons. The van der Waals surface area contributed by atoms with Crippen LogP contribution in [0.15, 0.2) is 30.6 Å². The van der Waals surface area contributed by atoms with Crippen LogP contribution in [0.1, 0.15) is 21.5 Å². The fourth-order valence-corrected chi connectivity index (χ4v) is 2.12. The van der Waals surface area contributed by atoms with E-state index >= 15 is 0 Å². The molecule has 1 heterocycles. The van der Waals surface area contributed by atoms with Crippen molar-refractivity contribution in [2.24, 2.45) is 0 Å². The fourth-order valence-electron chi connectivity index (χ4n) is 1.74. The second kappa shape index (κ2) is 5.59. The molecule has 19 heavy (non-hydrogen) atoms. The number of carbonyl (C=O) groups excluding carboxylic acids is 1. The molecule has 1 aromatic carbocycles. The average molecular weight is 296 g/mol. The Morgan fingerprint density at radius 3 is 2.74 bits per heavy atom. The van der Waals surface area contributed by atoms with E-state index in [2.05, 4.69) is 4.98 Å². The van der Waals surface area contributed by atoms with Crippen LogP contribution < -0.4 is 0 Å². The van der Waals surface area contributed by atoms with Gasteiger partial charge in [-0.25, -0.2) is 0 Å². The molecule has 1 N–H and O–H groups in total. The van der Waals surface area contributed by atoms with Gasteiger partial charge < -0.3 is 5.11 Å². The van der Waals surface area contributed by atoms with Gasteiger partial charge in [0.15, 0.2) is 5.78 Å². The fraction of sp³-hybridized carbons (Fsp3) is 0.143. The molecule has 3 nitrogen and oxygen atoms in total. The molecule has 0 bridgehead atoms. The van der Waals surface area contributed by atoms with Crippen LogP contribution in [-0.4, -0.2) is 15.9 Å². The first-order valence-corrected chi connectivity index (χ1v) is 6.35. The average Bonchev–Trinajstić information content (AvgIpc) is 2.36. The van der Waals surface area contributed by atoms with Crippen LogP contribution in [0.25, 0.3) is 0 Å². The van der Waals surface area contributed by atoms with E-state index in [-0.39, 0.29) is 18.0 Å². The molecule has 0 spiro atoms. The lowest BCUT2D eigenvalue weighted by Gasteiger charge is -2.08. The molecule has 0 aliphatic rings. The summed E-state index contributed by atoms with van der Waals surface area (Å²) in [5.41, 5.74) is 1.73. The van der Waals surface area contributed by atoms with E-state index in [1.165, 1.54) is 18.5 Å². The number of nitrogens with zero attached hydrogens (tertiary/aromatic N) is 1. The molecule has 0 saturated heterocycles. The number of Topliss-reactive ketones (excluding diaryl/α,β-unsaturated/α-hetero) is 1. The summed E-state index contributed by atoms with van der Waals surface area (Å²) in [7, 11) is 0. The summed E-state index contributed by atoms with van der Waals surface area (Å²) < 4.78 is 0. The standard InChI is InChI=1S/C14H11Cl2NO2/c1-8-4-9(13(18)6-11(8)15)5-14(19)10-2-3-17-7-12(10)16/h2-4,6-7,18H,5H2,1H3. The predicted molar refractivity (Wildman–Crippen MR) is 75.1 cm³/mol. The van der Waals surface area contributed by atoms with Crippen molar-refractivity contribution in [2.75, 3.05) is 0 Å². The molecular weight excluding hydrogens is 285 g/mol. The number of hydrogen-bond donors (Lipinski definition) is 1. The molecule has 2 rings (SSSR count). The summed E-state index contributed by atoms with van der Waals surface area (Å²) in [6.45, 7) is 1.81. The minimum absolute atomic E-state index is 0.00845. The molecule has 1 aromatic heterocycles. The van der Waals surface area contributed by atoms with E-state index in [9.17, 15) is 9.90 Å². The van der Waals surface area contributed by atoms with Gasteiger partial charge in [0.2, 0.25) is 0 Å². The van der Waals surface area contributed by atoms with Gasteiger partial charge in [0.1, 0.15) is 5.75 Å². The number of aromatic nitrogens is 1. The number of aromatic hydroxyl groups is 1. The number of phenols is 1. The molecule has 0 unspecified atom stereocenters. The Hall–Kier alpha value is -1.58. The smallest absolute Gasteiger partial charge is 0.168 e. The monoisotopic (exact) mass is 295 g/mol. The van der Waals surface area contributed by atoms with Crippen LogP contribution in [0.4, 0.5) is 0 Å². The van der Waals surface area contributed by atoms with Crippen molar-refractivity contribution in [3.8, 4) is 5.75 Å². The van der Waals surface area contributed by atoms with Gasteiger partial charge in [0, 0.05) is 35.0 Å². The molecule has 5 heteroatoms. The molecule has 0 saturated carbocycles. The molecule has 0 radical (unpaired) electrons. The van der Waals surface area contributed by atoms with Gasteiger partial charge in [0.05, 0.1) is 5.02 Å². The first-order valence-electron chi connectivity index (χ1n) is 5.59. The molecule has 2 aromatic rings. The van der Waals surface area contributed by atoms with Gasteiger partial charge in [-0.2, -0.15) is 0 Å². The lowest BCUT2D eigenvalue weighted by atomic mass is 10.0. The van der Waals surface area contributed by atoms with E-state index in [1.54, 1.807) is 12.1 Å². The zero-order chi connectivity index (χ0) is 14.0. The minimum atomic E-state index is -0.176. The highest BCUT2D eigenvalue weighted by atomic mass is 35.5. The number of carbonyl (C=O) groups is 1. The number of rotatable bonds is 3. The zero-order valence-electron chi connectivity index (χ0n) is 10.2. The Labute approximate surface area is 120 Å². The Balaban J connectivity index is 2.30. The quantitative estimate of drug-likeness (QED) is 0.876. The van der Waals surface area contributed by atoms with E-state index in [1.807, 2.05) is 6.92 Å². The van der Waals surface area contributed by atoms with Crippen LogP contribution in [0.2, 0.25) is 10.0 Å². The lowest BCUT2D eigenvalue weighted by molar-refractivity contribution is 0.0992. The summed E-state index contributed by atoms with van der Waals surface area (Å²) in [6.07, 6.45) is 2.99. The van der Waals surface area contributed by atoms with E-state index in [0.717, 1.165) is 5.56 Å². The number of phenolic OH excluding ortho intramolecular Hbond substituents is 1. The van der Waals surface area contributed by atoms with Crippen molar-refractivity contribution < 1.29 is 9.90 Å². The second-order valence-electron chi connectivity index (χ2n) is 4.19. The van der Waals surface area contributed by atoms with E-state index in [0.29, 0.717) is 21.2 Å². The Bertz CT molecular complexity index is 641. The van der Waals surface area contributed by atoms with Crippen molar-refractivity contribution in [3.05, 3.63) is 57.3 Å². The Kier molecular flexibility index (Phi) is 4.08. The summed E-state index contributed by atoms with van der Waals surface area (Å²) >= 11 is 11.8. The summed E-state index contributed by atoms with van der Waals surface area (Å²) in [5.74, 6) is -0.168. The van der Waals surface area contributed by atoms with Crippen molar-refractivity contribution in [3.63, 3.8) is 0 Å². The van der Waals surface area contributed by atoms with Crippen molar-refractivity contribution >= 4 is 29.0 Å². The third-order valence-corrected chi connectivity index (χ3v) is 3.49. The second-order valence-corrected chi connectivity index (χ2v) is 5.00. The summed E-state index contributed by atoms with van der Waals surface area (Å²) in [5, 5.41) is 10.6. The number of hydrogen-bond acceptors (Lipinski definition) is 3. The summed E-state index contributed by atoms with van der Waals surface area (Å²) in [6, 6.07) is 4.70. The zero-order valence-corrected chi connectivity index (χ0v) is 11.7. The number of benzene rings is 1. The molecular formula is C14H11Cl2NO2. The number of pyridine rings is 1. The molecule has 0 fully saturated rings. The maximum Gasteiger partial charge on any atom is 0.168 e. The van der Waals surface area contributed by atoms with Crippen molar-refractivity contribution in [1.29, 1.82) is 0 Å². The minimum Gasteiger partial charge on any atom is -0.508 e. The topological polar surface area (TPSA) is 50.2 Å².